The van der Waals surface area contributed by atoms with Gasteiger partial charge in [0.15, 0.2) is 0 Å². The van der Waals surface area contributed by atoms with Crippen molar-refractivity contribution in [1.82, 2.24) is 4.90 Å². The zero-order valence-electron chi connectivity index (χ0n) is 11.7. The van der Waals surface area contributed by atoms with E-state index < -0.39 is 11.5 Å². The van der Waals surface area contributed by atoms with Crippen LogP contribution in [0.5, 0.6) is 0 Å². The molecule has 2 saturated carbocycles. The van der Waals surface area contributed by atoms with Crippen molar-refractivity contribution in [2.24, 2.45) is 11.1 Å². The van der Waals surface area contributed by atoms with Gasteiger partial charge in [-0.05, 0) is 63.5 Å². The van der Waals surface area contributed by atoms with Crippen LogP contribution >= 0.6 is 0 Å². The van der Waals surface area contributed by atoms with E-state index in [0.717, 1.165) is 19.5 Å². The van der Waals surface area contributed by atoms with Crippen LogP contribution in [-0.4, -0.2) is 40.6 Å². The van der Waals surface area contributed by atoms with E-state index in [9.17, 15) is 9.90 Å². The molecule has 1 saturated heterocycles. The highest BCUT2D eigenvalue weighted by Gasteiger charge is 2.46. The van der Waals surface area contributed by atoms with Crippen LogP contribution in [0.4, 0.5) is 0 Å². The van der Waals surface area contributed by atoms with Gasteiger partial charge < -0.3 is 15.7 Å². The zero-order valence-corrected chi connectivity index (χ0v) is 11.7. The van der Waals surface area contributed by atoms with Gasteiger partial charge in [0.2, 0.25) is 0 Å². The van der Waals surface area contributed by atoms with Gasteiger partial charge in [-0.2, -0.15) is 0 Å². The maximum atomic E-state index is 11.2. The molecule has 3 aliphatic rings. The molecule has 3 rings (SSSR count). The van der Waals surface area contributed by atoms with Gasteiger partial charge in [-0.3, -0.25) is 4.79 Å². The molecular formula is C15H26N2O2. The van der Waals surface area contributed by atoms with Gasteiger partial charge in [-0.1, -0.05) is 12.8 Å². The normalized spacial score (nSPS) is 38.9. The summed E-state index contributed by atoms with van der Waals surface area (Å²) in [6.07, 6.45) is 10.5. The summed E-state index contributed by atoms with van der Waals surface area (Å²) in [7, 11) is 0. The fourth-order valence-corrected chi connectivity index (χ4v) is 4.54. The predicted octanol–water partition coefficient (Wildman–Crippen LogP) is 1.98. The van der Waals surface area contributed by atoms with Crippen molar-refractivity contribution in [2.45, 2.75) is 69.4 Å². The minimum Gasteiger partial charge on any atom is -0.480 e. The van der Waals surface area contributed by atoms with Crippen molar-refractivity contribution in [3.05, 3.63) is 0 Å². The Bertz CT molecular complexity index is 355. The molecule has 0 aromatic rings. The topological polar surface area (TPSA) is 66.6 Å². The zero-order chi connectivity index (χ0) is 13.5. The molecule has 0 aromatic heterocycles. The van der Waals surface area contributed by atoms with E-state index in [1.165, 1.54) is 38.5 Å². The smallest absolute Gasteiger partial charge is 0.323 e. The van der Waals surface area contributed by atoms with Crippen LogP contribution in [0.15, 0.2) is 0 Å². The van der Waals surface area contributed by atoms with Crippen LogP contribution in [0.25, 0.3) is 0 Å². The van der Waals surface area contributed by atoms with Crippen LogP contribution in [0.2, 0.25) is 0 Å². The molecule has 1 heterocycles. The minimum atomic E-state index is -0.965. The van der Waals surface area contributed by atoms with Gasteiger partial charge in [0.1, 0.15) is 5.54 Å². The molecule has 0 bridgehead atoms. The Balaban J connectivity index is 1.56. The number of carboxylic acids is 1. The van der Waals surface area contributed by atoms with Crippen molar-refractivity contribution in [3.8, 4) is 0 Å². The summed E-state index contributed by atoms with van der Waals surface area (Å²) in [4.78, 5) is 13.7. The quantitative estimate of drug-likeness (QED) is 0.802. The summed E-state index contributed by atoms with van der Waals surface area (Å²) in [5.41, 5.74) is 5.66. The van der Waals surface area contributed by atoms with Gasteiger partial charge in [-0.15, -0.1) is 0 Å². The summed E-state index contributed by atoms with van der Waals surface area (Å²) in [5, 5.41) is 9.21. The third-order valence-corrected chi connectivity index (χ3v) is 5.99. The van der Waals surface area contributed by atoms with E-state index in [4.69, 9.17) is 5.73 Å². The number of aliphatic carboxylic acids is 1. The average Bonchev–Trinajstić information content (AvgIpc) is 2.99. The Morgan fingerprint density at radius 2 is 1.74 bits per heavy atom. The first kappa shape index (κ1) is 13.4. The number of piperidine rings is 1. The maximum absolute atomic E-state index is 11.2. The van der Waals surface area contributed by atoms with Crippen LogP contribution in [0.1, 0.15) is 57.8 Å². The number of carboxylic acid groups (broad SMARTS) is 1. The highest BCUT2D eigenvalue weighted by Crippen LogP contribution is 2.47. The van der Waals surface area contributed by atoms with E-state index in [-0.39, 0.29) is 0 Å². The molecule has 3 N–H and O–H groups in total. The van der Waals surface area contributed by atoms with Gasteiger partial charge in [0.25, 0.3) is 0 Å². The number of rotatable bonds is 2. The number of nitrogens with zero attached hydrogens (tertiary/aromatic N) is 1. The van der Waals surface area contributed by atoms with Crippen molar-refractivity contribution >= 4 is 5.97 Å². The van der Waals surface area contributed by atoms with Gasteiger partial charge in [0.05, 0.1) is 0 Å². The Kier molecular flexibility index (Phi) is 3.34. The van der Waals surface area contributed by atoms with Crippen molar-refractivity contribution in [2.75, 3.05) is 13.1 Å². The Morgan fingerprint density at radius 3 is 2.26 bits per heavy atom. The Morgan fingerprint density at radius 1 is 1.11 bits per heavy atom. The van der Waals surface area contributed by atoms with Gasteiger partial charge in [0, 0.05) is 6.04 Å². The van der Waals surface area contributed by atoms with E-state index in [1.54, 1.807) is 0 Å². The summed E-state index contributed by atoms with van der Waals surface area (Å²) in [6, 6.07) is 0.403. The molecular weight excluding hydrogens is 240 g/mol. The molecule has 19 heavy (non-hydrogen) atoms. The van der Waals surface area contributed by atoms with Crippen LogP contribution in [0.3, 0.4) is 0 Å². The SMILES string of the molecule is NC1(C(=O)O)CCC(N2CCC3(CCCC3)CC2)C1. The minimum absolute atomic E-state index is 0.403. The highest BCUT2D eigenvalue weighted by atomic mass is 16.4. The van der Waals surface area contributed by atoms with Crippen molar-refractivity contribution in [1.29, 1.82) is 0 Å². The van der Waals surface area contributed by atoms with E-state index in [2.05, 4.69) is 4.90 Å². The first-order chi connectivity index (χ1) is 9.03. The standard InChI is InChI=1S/C15H26N2O2/c16-15(13(18)19)6-3-12(11-15)17-9-7-14(8-10-17)4-1-2-5-14/h12H,1-11,16H2,(H,18,19). The van der Waals surface area contributed by atoms with E-state index in [0.29, 0.717) is 24.3 Å². The number of hydrogen-bond acceptors (Lipinski definition) is 3. The molecule has 2 unspecified atom stereocenters. The van der Waals surface area contributed by atoms with Crippen molar-refractivity contribution in [3.63, 3.8) is 0 Å². The lowest BCUT2D eigenvalue weighted by Crippen LogP contribution is -2.49. The van der Waals surface area contributed by atoms with Crippen molar-refractivity contribution < 1.29 is 9.90 Å². The Hall–Kier alpha value is -0.610. The molecule has 2 atom stereocenters. The lowest BCUT2D eigenvalue weighted by atomic mass is 9.76. The highest BCUT2D eigenvalue weighted by molar-refractivity contribution is 5.79. The average molecular weight is 266 g/mol. The lowest BCUT2D eigenvalue weighted by molar-refractivity contribution is -0.143. The molecule has 108 valence electrons. The summed E-state index contributed by atoms with van der Waals surface area (Å²) >= 11 is 0. The fourth-order valence-electron chi connectivity index (χ4n) is 4.54. The molecule has 1 spiro atoms. The third-order valence-electron chi connectivity index (χ3n) is 5.99. The van der Waals surface area contributed by atoms with Crippen LogP contribution in [0, 0.1) is 5.41 Å². The van der Waals surface area contributed by atoms with E-state index in [1.807, 2.05) is 0 Å². The predicted molar refractivity (Wildman–Crippen MR) is 73.9 cm³/mol. The molecule has 0 amide bonds. The number of carbonyl (C=O) groups is 1. The van der Waals surface area contributed by atoms with Gasteiger partial charge >= 0.3 is 5.97 Å². The third kappa shape index (κ3) is 2.40. The number of likely N-dealkylation sites (tertiary alicyclic amines) is 1. The monoisotopic (exact) mass is 266 g/mol. The Labute approximate surface area is 115 Å². The number of nitrogens with two attached hydrogens (primary N) is 1. The molecule has 3 fully saturated rings. The second-order valence-electron chi connectivity index (χ2n) is 7.10. The molecule has 0 aromatic carbocycles. The van der Waals surface area contributed by atoms with Crippen LogP contribution in [-0.2, 0) is 4.79 Å². The summed E-state index contributed by atoms with van der Waals surface area (Å²) < 4.78 is 0. The number of hydrogen-bond donors (Lipinski definition) is 2. The molecule has 4 heteroatoms. The molecule has 1 aliphatic heterocycles. The fraction of sp³-hybridized carbons (Fsp3) is 0.933. The largest absolute Gasteiger partial charge is 0.480 e. The molecule has 0 radical (unpaired) electrons. The van der Waals surface area contributed by atoms with Gasteiger partial charge in [-0.25, -0.2) is 0 Å². The molecule has 4 nitrogen and oxygen atoms in total. The van der Waals surface area contributed by atoms with E-state index >= 15 is 0 Å². The van der Waals surface area contributed by atoms with Crippen LogP contribution < -0.4 is 5.73 Å². The first-order valence-corrected chi connectivity index (χ1v) is 7.79. The second-order valence-corrected chi connectivity index (χ2v) is 7.10. The summed E-state index contributed by atoms with van der Waals surface area (Å²) in [6.45, 7) is 2.31. The first-order valence-electron chi connectivity index (χ1n) is 7.79. The molecule has 2 aliphatic carbocycles. The maximum Gasteiger partial charge on any atom is 0.323 e. The second kappa shape index (κ2) is 4.74. The lowest BCUT2D eigenvalue weighted by Gasteiger charge is -2.42. The summed E-state index contributed by atoms with van der Waals surface area (Å²) in [5.74, 6) is -0.820.